The van der Waals surface area contributed by atoms with Crippen LogP contribution in [0.4, 0.5) is 0 Å². The van der Waals surface area contributed by atoms with Gasteiger partial charge < -0.3 is 4.90 Å². The van der Waals surface area contributed by atoms with Gasteiger partial charge in [0.05, 0.1) is 6.04 Å². The van der Waals surface area contributed by atoms with Crippen LogP contribution in [-0.4, -0.2) is 41.5 Å². The molecular weight excluding hydrogens is 471 g/mol. The van der Waals surface area contributed by atoms with E-state index in [1.54, 1.807) is 0 Å². The first-order valence-electron chi connectivity index (χ1n) is 13.2. The van der Waals surface area contributed by atoms with Crippen LogP contribution in [0.2, 0.25) is 10.0 Å². The molecule has 3 aromatic carbocycles. The Kier molecular flexibility index (Phi) is 6.66. The molecule has 35 heavy (non-hydrogen) atoms. The Morgan fingerprint density at radius 3 is 1.77 bits per heavy atom. The lowest BCUT2D eigenvalue weighted by molar-refractivity contribution is 0.0432. The molecule has 0 aliphatic carbocycles. The van der Waals surface area contributed by atoms with Crippen LogP contribution in [0, 0.1) is 0 Å². The van der Waals surface area contributed by atoms with Gasteiger partial charge in [0.15, 0.2) is 0 Å². The fraction of sp³-hybridized carbons (Fsp3) is 0.419. The van der Waals surface area contributed by atoms with Crippen molar-refractivity contribution < 1.29 is 0 Å². The maximum Gasteiger partial charge on any atom is 0.0636 e. The molecule has 0 amide bonds. The molecule has 182 valence electrons. The standard InChI is InChI=1S/C31H34Cl2N2/c32-28-14-6-4-12-26(28)30(27-13-5-7-15-29(27)33)35-24-16-17-25(35)21-31(20-24,22-34-18-8-9-19-34)23-10-2-1-3-11-23/h1-7,10-15,24-25,30H,8-9,16-22H2/t24-,25+,31?. The molecule has 6 rings (SSSR count). The van der Waals surface area contributed by atoms with E-state index >= 15 is 0 Å². The molecular formula is C31H34Cl2N2. The van der Waals surface area contributed by atoms with E-state index in [1.807, 2.05) is 24.3 Å². The van der Waals surface area contributed by atoms with Gasteiger partial charge in [0.1, 0.15) is 0 Å². The Hall–Kier alpha value is -1.84. The van der Waals surface area contributed by atoms with Crippen molar-refractivity contribution in [1.82, 2.24) is 9.80 Å². The summed E-state index contributed by atoms with van der Waals surface area (Å²) in [6.45, 7) is 3.67. The van der Waals surface area contributed by atoms with E-state index < -0.39 is 0 Å². The highest BCUT2D eigenvalue weighted by Crippen LogP contribution is 2.53. The van der Waals surface area contributed by atoms with Crippen LogP contribution in [0.15, 0.2) is 78.9 Å². The minimum absolute atomic E-state index is 0.0791. The molecule has 0 N–H and O–H groups in total. The number of benzene rings is 3. The number of halogens is 2. The van der Waals surface area contributed by atoms with Gasteiger partial charge in [0.25, 0.3) is 0 Å². The quantitative estimate of drug-likeness (QED) is 0.338. The number of hydrogen-bond acceptors (Lipinski definition) is 2. The van der Waals surface area contributed by atoms with Gasteiger partial charge in [-0.1, -0.05) is 89.9 Å². The molecule has 2 bridgehead atoms. The monoisotopic (exact) mass is 504 g/mol. The van der Waals surface area contributed by atoms with Crippen molar-refractivity contribution in [1.29, 1.82) is 0 Å². The van der Waals surface area contributed by atoms with E-state index in [0.717, 1.165) is 10.0 Å². The Bertz CT molecular complexity index is 1100. The molecule has 3 aliphatic heterocycles. The fourth-order valence-corrected chi connectivity index (χ4v) is 7.78. The fourth-order valence-electron chi connectivity index (χ4n) is 7.30. The molecule has 0 saturated carbocycles. The SMILES string of the molecule is Clc1ccccc1C(c1ccccc1Cl)N1[C@@H]2CC[C@H]1CC(CN1CCCC1)(c1ccccc1)C2. The molecule has 3 aliphatic rings. The van der Waals surface area contributed by atoms with Gasteiger partial charge in [-0.05, 0) is 80.4 Å². The molecule has 3 saturated heterocycles. The third kappa shape index (κ3) is 4.44. The van der Waals surface area contributed by atoms with E-state index in [2.05, 4.69) is 64.4 Å². The first-order valence-corrected chi connectivity index (χ1v) is 13.9. The van der Waals surface area contributed by atoms with Gasteiger partial charge in [-0.15, -0.1) is 0 Å². The lowest BCUT2D eigenvalue weighted by atomic mass is 9.69. The summed E-state index contributed by atoms with van der Waals surface area (Å²) >= 11 is 13.7. The average Bonchev–Trinajstić information content (AvgIpc) is 3.48. The van der Waals surface area contributed by atoms with E-state index in [0.29, 0.717) is 12.1 Å². The summed E-state index contributed by atoms with van der Waals surface area (Å²) < 4.78 is 0. The van der Waals surface area contributed by atoms with E-state index in [1.165, 1.54) is 74.8 Å². The number of piperidine rings is 1. The summed E-state index contributed by atoms with van der Waals surface area (Å²) in [7, 11) is 0. The molecule has 2 nitrogen and oxygen atoms in total. The Labute approximate surface area is 219 Å². The highest BCUT2D eigenvalue weighted by molar-refractivity contribution is 6.32. The molecule has 3 aromatic rings. The predicted octanol–water partition coefficient (Wildman–Crippen LogP) is 7.74. The van der Waals surface area contributed by atoms with Crippen molar-refractivity contribution in [2.45, 2.75) is 62.1 Å². The summed E-state index contributed by atoms with van der Waals surface area (Å²) in [4.78, 5) is 5.51. The lowest BCUT2D eigenvalue weighted by Crippen LogP contribution is -2.54. The summed E-state index contributed by atoms with van der Waals surface area (Å²) in [5.74, 6) is 0. The van der Waals surface area contributed by atoms with Crippen molar-refractivity contribution in [2.75, 3.05) is 19.6 Å². The summed E-state index contributed by atoms with van der Waals surface area (Å²) in [6, 6.07) is 29.2. The van der Waals surface area contributed by atoms with Gasteiger partial charge in [-0.25, -0.2) is 0 Å². The topological polar surface area (TPSA) is 6.48 Å². The van der Waals surface area contributed by atoms with Crippen molar-refractivity contribution in [3.8, 4) is 0 Å². The van der Waals surface area contributed by atoms with Crippen LogP contribution < -0.4 is 0 Å². The first kappa shape index (κ1) is 23.6. The maximum atomic E-state index is 6.85. The van der Waals surface area contributed by atoms with Crippen LogP contribution in [0.1, 0.15) is 61.3 Å². The minimum Gasteiger partial charge on any atom is -0.302 e. The van der Waals surface area contributed by atoms with Crippen molar-refractivity contribution >= 4 is 23.2 Å². The second-order valence-electron chi connectivity index (χ2n) is 10.8. The Morgan fingerprint density at radius 1 is 0.714 bits per heavy atom. The van der Waals surface area contributed by atoms with Crippen molar-refractivity contribution in [3.63, 3.8) is 0 Å². The summed E-state index contributed by atoms with van der Waals surface area (Å²) in [6.07, 6.45) is 7.54. The van der Waals surface area contributed by atoms with Crippen molar-refractivity contribution in [2.24, 2.45) is 0 Å². The smallest absolute Gasteiger partial charge is 0.0636 e. The second-order valence-corrected chi connectivity index (χ2v) is 11.6. The van der Waals surface area contributed by atoms with E-state index in [-0.39, 0.29) is 11.5 Å². The molecule has 0 radical (unpaired) electrons. The largest absolute Gasteiger partial charge is 0.302 e. The third-order valence-electron chi connectivity index (χ3n) is 8.74. The van der Waals surface area contributed by atoms with Crippen LogP contribution in [-0.2, 0) is 5.41 Å². The minimum atomic E-state index is 0.0791. The second kappa shape index (κ2) is 9.90. The zero-order valence-corrected chi connectivity index (χ0v) is 21.8. The van der Waals surface area contributed by atoms with Crippen molar-refractivity contribution in [3.05, 3.63) is 106 Å². The van der Waals surface area contributed by atoms with Gasteiger partial charge >= 0.3 is 0 Å². The van der Waals surface area contributed by atoms with Crippen LogP contribution in [0.3, 0.4) is 0 Å². The maximum absolute atomic E-state index is 6.85. The van der Waals surface area contributed by atoms with Gasteiger partial charge in [-0.3, -0.25) is 4.90 Å². The zero-order chi connectivity index (χ0) is 23.8. The molecule has 3 fully saturated rings. The predicted molar refractivity (Wildman–Crippen MR) is 146 cm³/mol. The molecule has 3 atom stereocenters. The average molecular weight is 506 g/mol. The number of nitrogens with zero attached hydrogens (tertiary/aromatic N) is 2. The van der Waals surface area contributed by atoms with Crippen LogP contribution in [0.25, 0.3) is 0 Å². The van der Waals surface area contributed by atoms with Gasteiger partial charge in [0.2, 0.25) is 0 Å². The molecule has 1 unspecified atom stereocenters. The van der Waals surface area contributed by atoms with Gasteiger partial charge in [-0.2, -0.15) is 0 Å². The summed E-state index contributed by atoms with van der Waals surface area (Å²) in [5, 5.41) is 1.66. The molecule has 0 aromatic heterocycles. The van der Waals surface area contributed by atoms with E-state index in [9.17, 15) is 0 Å². The number of fused-ring (bicyclic) bond motifs is 2. The molecule has 3 heterocycles. The number of rotatable bonds is 6. The molecule has 0 spiro atoms. The Balaban J connectivity index is 1.41. The third-order valence-corrected chi connectivity index (χ3v) is 9.43. The summed E-state index contributed by atoms with van der Waals surface area (Å²) in [5.41, 5.74) is 4.08. The number of hydrogen-bond donors (Lipinski definition) is 0. The lowest BCUT2D eigenvalue weighted by Gasteiger charge is -2.51. The van der Waals surface area contributed by atoms with Crippen LogP contribution >= 0.6 is 23.2 Å². The first-order chi connectivity index (χ1) is 17.1. The molecule has 4 heteroatoms. The normalized spacial score (nSPS) is 27.1. The zero-order valence-electron chi connectivity index (χ0n) is 20.3. The Morgan fingerprint density at radius 2 is 1.23 bits per heavy atom. The highest BCUT2D eigenvalue weighted by atomic mass is 35.5. The highest BCUT2D eigenvalue weighted by Gasteiger charge is 2.52. The van der Waals surface area contributed by atoms with Gasteiger partial charge in [0, 0.05) is 34.1 Å². The number of likely N-dealkylation sites (tertiary alicyclic amines) is 1. The van der Waals surface area contributed by atoms with E-state index in [4.69, 9.17) is 23.2 Å². The van der Waals surface area contributed by atoms with Crippen LogP contribution in [0.5, 0.6) is 0 Å².